The first-order valence-electron chi connectivity index (χ1n) is 8.81. The summed E-state index contributed by atoms with van der Waals surface area (Å²) in [6.45, 7) is 4.93. The van der Waals surface area contributed by atoms with Gasteiger partial charge in [-0.1, -0.05) is 6.92 Å². The fourth-order valence-corrected chi connectivity index (χ4v) is 2.85. The predicted octanol–water partition coefficient (Wildman–Crippen LogP) is 2.42. The van der Waals surface area contributed by atoms with E-state index in [2.05, 4.69) is 6.92 Å². The van der Waals surface area contributed by atoms with E-state index < -0.39 is 23.2 Å². The minimum absolute atomic E-state index is 0.138. The fourth-order valence-electron chi connectivity index (χ4n) is 2.85. The molecule has 27 heavy (non-hydrogen) atoms. The highest BCUT2D eigenvalue weighted by molar-refractivity contribution is 5.96. The molecule has 1 aromatic carbocycles. The van der Waals surface area contributed by atoms with Crippen molar-refractivity contribution in [3.05, 3.63) is 27.8 Å². The molecule has 1 aromatic rings. The summed E-state index contributed by atoms with van der Waals surface area (Å²) in [7, 11) is 1.34. The van der Waals surface area contributed by atoms with E-state index in [0.717, 1.165) is 18.9 Å². The number of ether oxygens (including phenoxy) is 3. The third-order valence-electron chi connectivity index (χ3n) is 4.46. The van der Waals surface area contributed by atoms with Crippen LogP contribution in [0.4, 0.5) is 5.69 Å². The van der Waals surface area contributed by atoms with E-state index in [1.165, 1.54) is 13.2 Å². The Morgan fingerprint density at radius 2 is 1.93 bits per heavy atom. The van der Waals surface area contributed by atoms with Crippen molar-refractivity contribution in [3.8, 4) is 11.5 Å². The van der Waals surface area contributed by atoms with Crippen molar-refractivity contribution in [2.75, 3.05) is 33.4 Å². The zero-order valence-corrected chi connectivity index (χ0v) is 15.7. The lowest BCUT2D eigenvalue weighted by molar-refractivity contribution is -0.385. The maximum absolute atomic E-state index is 12.4. The third-order valence-corrected chi connectivity index (χ3v) is 4.46. The molecule has 1 saturated heterocycles. The lowest BCUT2D eigenvalue weighted by Gasteiger charge is -2.30. The molecule has 0 atom stereocenters. The van der Waals surface area contributed by atoms with Crippen LogP contribution in [-0.4, -0.2) is 55.1 Å². The van der Waals surface area contributed by atoms with Crippen LogP contribution in [0.25, 0.3) is 0 Å². The summed E-state index contributed by atoms with van der Waals surface area (Å²) < 4.78 is 15.5. The van der Waals surface area contributed by atoms with Crippen LogP contribution >= 0.6 is 0 Å². The van der Waals surface area contributed by atoms with Gasteiger partial charge in [-0.2, -0.15) is 0 Å². The lowest BCUT2D eigenvalue weighted by Crippen LogP contribution is -2.40. The normalized spacial score (nSPS) is 14.6. The topological polar surface area (TPSA) is 108 Å². The van der Waals surface area contributed by atoms with E-state index >= 15 is 0 Å². The molecule has 0 N–H and O–H groups in total. The number of nitro benzene ring substituents is 1. The minimum atomic E-state index is -0.955. The van der Waals surface area contributed by atoms with Crippen molar-refractivity contribution in [2.24, 2.45) is 5.92 Å². The number of piperidine rings is 1. The summed E-state index contributed by atoms with van der Waals surface area (Å²) in [4.78, 5) is 36.8. The molecular weight excluding hydrogens is 356 g/mol. The number of benzene rings is 1. The Balaban J connectivity index is 2.13. The number of esters is 1. The maximum Gasteiger partial charge on any atom is 0.345 e. The summed E-state index contributed by atoms with van der Waals surface area (Å²) in [6.07, 6.45) is 1.81. The van der Waals surface area contributed by atoms with E-state index in [4.69, 9.17) is 14.2 Å². The van der Waals surface area contributed by atoms with Gasteiger partial charge in [0, 0.05) is 19.2 Å². The van der Waals surface area contributed by atoms with Crippen molar-refractivity contribution in [3.63, 3.8) is 0 Å². The van der Waals surface area contributed by atoms with Crippen molar-refractivity contribution in [1.29, 1.82) is 0 Å². The van der Waals surface area contributed by atoms with Gasteiger partial charge in [-0.25, -0.2) is 4.79 Å². The number of amides is 1. The smallest absolute Gasteiger partial charge is 0.345 e. The molecule has 0 unspecified atom stereocenters. The molecular formula is C18H24N2O7. The van der Waals surface area contributed by atoms with Crippen molar-refractivity contribution >= 4 is 17.6 Å². The quantitative estimate of drug-likeness (QED) is 0.406. The van der Waals surface area contributed by atoms with E-state index in [1.54, 1.807) is 11.8 Å². The summed E-state index contributed by atoms with van der Waals surface area (Å²) in [5, 5.41) is 11.3. The first-order chi connectivity index (χ1) is 12.9. The summed E-state index contributed by atoms with van der Waals surface area (Å²) >= 11 is 0. The van der Waals surface area contributed by atoms with Gasteiger partial charge >= 0.3 is 5.97 Å². The molecule has 1 fully saturated rings. The molecule has 9 nitrogen and oxygen atoms in total. The van der Waals surface area contributed by atoms with Gasteiger partial charge in [0.1, 0.15) is 5.56 Å². The molecule has 9 heteroatoms. The Morgan fingerprint density at radius 3 is 2.48 bits per heavy atom. The molecule has 1 aliphatic rings. The second kappa shape index (κ2) is 9.20. The second-order valence-electron chi connectivity index (χ2n) is 6.35. The number of likely N-dealkylation sites (tertiary alicyclic amines) is 1. The highest BCUT2D eigenvalue weighted by Crippen LogP contribution is 2.35. The Bertz CT molecular complexity index is 712. The molecule has 148 valence electrons. The molecule has 0 saturated carbocycles. The number of rotatable bonds is 7. The molecule has 1 amide bonds. The molecule has 0 bridgehead atoms. The van der Waals surface area contributed by atoms with E-state index in [9.17, 15) is 19.7 Å². The Morgan fingerprint density at radius 1 is 1.26 bits per heavy atom. The number of carbonyl (C=O) groups is 2. The molecule has 0 aliphatic carbocycles. The number of methoxy groups -OCH3 is 1. The van der Waals surface area contributed by atoms with E-state index in [0.29, 0.717) is 19.0 Å². The van der Waals surface area contributed by atoms with E-state index in [-0.39, 0.29) is 29.6 Å². The zero-order valence-electron chi connectivity index (χ0n) is 15.7. The van der Waals surface area contributed by atoms with Crippen LogP contribution < -0.4 is 9.47 Å². The highest BCUT2D eigenvalue weighted by atomic mass is 16.6. The molecule has 1 aliphatic heterocycles. The molecule has 0 spiro atoms. The van der Waals surface area contributed by atoms with Crippen LogP contribution in [-0.2, 0) is 9.53 Å². The maximum atomic E-state index is 12.4. The average Bonchev–Trinajstić information content (AvgIpc) is 2.66. The van der Waals surface area contributed by atoms with E-state index in [1.807, 2.05) is 0 Å². The minimum Gasteiger partial charge on any atom is -0.493 e. The number of hydrogen-bond acceptors (Lipinski definition) is 7. The lowest BCUT2D eigenvalue weighted by atomic mass is 9.99. The van der Waals surface area contributed by atoms with Gasteiger partial charge in [0.2, 0.25) is 0 Å². The molecule has 2 rings (SSSR count). The van der Waals surface area contributed by atoms with Gasteiger partial charge in [-0.15, -0.1) is 0 Å². The van der Waals surface area contributed by atoms with Gasteiger partial charge in [0.15, 0.2) is 18.1 Å². The third kappa shape index (κ3) is 5.08. The number of hydrogen-bond donors (Lipinski definition) is 0. The SMILES string of the molecule is CCOc1cc(C(=O)OCC(=O)N2CCC(C)CC2)c([N+](=O)[O-])cc1OC. The summed E-state index contributed by atoms with van der Waals surface area (Å²) in [6, 6.07) is 2.31. The fraction of sp³-hybridized carbons (Fsp3) is 0.556. The number of nitro groups is 1. The van der Waals surface area contributed by atoms with Crippen LogP contribution in [0.5, 0.6) is 11.5 Å². The van der Waals surface area contributed by atoms with Gasteiger partial charge < -0.3 is 19.1 Å². The number of nitrogens with zero attached hydrogens (tertiary/aromatic N) is 2. The van der Waals surface area contributed by atoms with Crippen LogP contribution in [0, 0.1) is 16.0 Å². The van der Waals surface area contributed by atoms with Crippen LogP contribution in [0.15, 0.2) is 12.1 Å². The van der Waals surface area contributed by atoms with Crippen molar-refractivity contribution in [2.45, 2.75) is 26.7 Å². The number of carbonyl (C=O) groups excluding carboxylic acids is 2. The second-order valence-corrected chi connectivity index (χ2v) is 6.35. The van der Waals surface area contributed by atoms with Gasteiger partial charge in [0.05, 0.1) is 24.7 Å². The zero-order chi connectivity index (χ0) is 20.0. The van der Waals surface area contributed by atoms with Gasteiger partial charge in [-0.05, 0) is 25.7 Å². The molecule has 1 heterocycles. The highest BCUT2D eigenvalue weighted by Gasteiger charge is 2.27. The largest absolute Gasteiger partial charge is 0.493 e. The first-order valence-corrected chi connectivity index (χ1v) is 8.81. The van der Waals surface area contributed by atoms with Gasteiger partial charge in [0.25, 0.3) is 11.6 Å². The summed E-state index contributed by atoms with van der Waals surface area (Å²) in [5.41, 5.74) is -0.760. The molecule has 0 radical (unpaired) electrons. The Labute approximate surface area is 157 Å². The van der Waals surface area contributed by atoms with Crippen LogP contribution in [0.1, 0.15) is 37.0 Å². The van der Waals surface area contributed by atoms with Crippen molar-refractivity contribution < 1.29 is 28.7 Å². The van der Waals surface area contributed by atoms with Crippen LogP contribution in [0.2, 0.25) is 0 Å². The summed E-state index contributed by atoms with van der Waals surface area (Å²) in [5.74, 6) is -0.372. The molecule has 0 aromatic heterocycles. The standard InChI is InChI=1S/C18H24N2O7/c1-4-26-16-9-13(14(20(23)24)10-15(16)25-3)18(22)27-11-17(21)19-7-5-12(2)6-8-19/h9-10,12H,4-8,11H2,1-3H3. The first kappa shape index (κ1) is 20.5. The predicted molar refractivity (Wildman–Crippen MR) is 96.1 cm³/mol. The van der Waals surface area contributed by atoms with Crippen LogP contribution in [0.3, 0.4) is 0 Å². The average molecular weight is 380 g/mol. The Kier molecular flexibility index (Phi) is 6.98. The van der Waals surface area contributed by atoms with Gasteiger partial charge in [-0.3, -0.25) is 14.9 Å². The monoisotopic (exact) mass is 380 g/mol. The Hall–Kier alpha value is -2.84. The van der Waals surface area contributed by atoms with Crippen molar-refractivity contribution in [1.82, 2.24) is 4.90 Å².